The van der Waals surface area contributed by atoms with Gasteiger partial charge in [0.15, 0.2) is 0 Å². The molecule has 6 rings (SSSR count). The molecule has 0 unspecified atom stereocenters. The van der Waals surface area contributed by atoms with E-state index < -0.39 is 16.1 Å². The van der Waals surface area contributed by atoms with E-state index in [0.29, 0.717) is 71.4 Å². The van der Waals surface area contributed by atoms with Crippen molar-refractivity contribution in [1.82, 2.24) is 20.3 Å². The summed E-state index contributed by atoms with van der Waals surface area (Å²) in [5, 5.41) is 8.91. The molecule has 0 bridgehead atoms. The Bertz CT molecular complexity index is 2520. The van der Waals surface area contributed by atoms with Gasteiger partial charge in [-0.05, 0) is 116 Å². The number of ether oxygens (including phenoxy) is 2. The highest BCUT2D eigenvalue weighted by molar-refractivity contribution is 9.10. The third kappa shape index (κ3) is 14.7. The molecule has 0 aliphatic carbocycles. The summed E-state index contributed by atoms with van der Waals surface area (Å²) in [5.41, 5.74) is 6.11. The van der Waals surface area contributed by atoms with E-state index in [0.717, 1.165) is 6.04 Å². The highest BCUT2D eigenvalue weighted by Crippen LogP contribution is 2.33. The van der Waals surface area contributed by atoms with Crippen LogP contribution in [0, 0.1) is 35.4 Å². The molecule has 0 saturated heterocycles. The van der Waals surface area contributed by atoms with Gasteiger partial charge >= 0.3 is 0 Å². The van der Waals surface area contributed by atoms with E-state index in [9.17, 15) is 8.78 Å². The van der Waals surface area contributed by atoms with Crippen LogP contribution < -0.4 is 9.47 Å². The fraction of sp³-hybridized carbons (Fsp3) is 0.289. The molecule has 15 heteroatoms. The number of aromatic nitrogens is 4. The van der Waals surface area contributed by atoms with Crippen LogP contribution in [0.5, 0.6) is 11.5 Å². The van der Waals surface area contributed by atoms with E-state index in [4.69, 9.17) is 48.1 Å². The second-order valence-corrected chi connectivity index (χ2v) is 28.1. The van der Waals surface area contributed by atoms with Crippen LogP contribution >= 0.6 is 39.1 Å². The van der Waals surface area contributed by atoms with E-state index in [-0.39, 0.29) is 29.7 Å². The smallest absolute Gasteiger partial charge is 0.258 e. The molecule has 0 amide bonds. The summed E-state index contributed by atoms with van der Waals surface area (Å²) >= 11 is 15.7. The summed E-state index contributed by atoms with van der Waals surface area (Å²) in [5.74, 6) is 7.45. The van der Waals surface area contributed by atoms with Crippen molar-refractivity contribution in [3.8, 4) is 81.0 Å². The lowest BCUT2D eigenvalue weighted by Gasteiger charge is -2.11. The molecule has 0 N–H and O–H groups in total. The molecule has 0 spiro atoms. The third-order valence-corrected chi connectivity index (χ3v) is 10.9. The lowest BCUT2D eigenvalue weighted by atomic mass is 10.1. The SMILES string of the molecule is C#CC[Si](C)(C)C.CC(C)Oc1ccc(-c2noc(-c3ccc(F)c(Br)c3)n2)cc1Cl.CC(C)Oc1ccc(-c2noc(-c3ccc(F)c(C#C[Si](C)(C)C)c3)n2)cc1Cl. The molecular formula is C45H47BrCl2F2N4O4Si2. The Kier molecular flexibility index (Phi) is 16.9. The molecule has 60 heavy (non-hydrogen) atoms. The molecule has 2 aromatic heterocycles. The molecule has 6 aromatic rings. The van der Waals surface area contributed by atoms with Crippen molar-refractivity contribution in [3.63, 3.8) is 0 Å². The van der Waals surface area contributed by atoms with Crippen LogP contribution in [-0.4, -0.2) is 48.6 Å². The van der Waals surface area contributed by atoms with E-state index in [2.05, 4.69) is 92.9 Å². The van der Waals surface area contributed by atoms with Gasteiger partial charge in [-0.15, -0.1) is 17.9 Å². The highest BCUT2D eigenvalue weighted by Gasteiger charge is 2.17. The monoisotopic (exact) mass is 950 g/mol. The Labute approximate surface area is 371 Å². The first-order chi connectivity index (χ1) is 28.1. The fourth-order valence-electron chi connectivity index (χ4n) is 4.84. The number of rotatable bonds is 9. The molecule has 0 aliphatic rings. The minimum atomic E-state index is -1.62. The lowest BCUT2D eigenvalue weighted by molar-refractivity contribution is 0.242. The van der Waals surface area contributed by atoms with E-state index in [1.54, 1.807) is 54.6 Å². The first-order valence-electron chi connectivity index (χ1n) is 18.9. The average molecular weight is 953 g/mol. The van der Waals surface area contributed by atoms with Crippen LogP contribution in [0.4, 0.5) is 8.78 Å². The molecule has 4 aromatic carbocycles. The summed E-state index contributed by atoms with van der Waals surface area (Å²) in [6, 6.07) is 20.7. The predicted octanol–water partition coefficient (Wildman–Crippen LogP) is 13.9. The fourth-order valence-corrected chi connectivity index (χ4v) is 6.79. The van der Waals surface area contributed by atoms with Crippen molar-refractivity contribution in [3.05, 3.63) is 105 Å². The van der Waals surface area contributed by atoms with Crippen LogP contribution in [0.2, 0.25) is 55.4 Å². The Morgan fingerprint density at radius 1 is 0.683 bits per heavy atom. The number of hydrogen-bond acceptors (Lipinski definition) is 8. The van der Waals surface area contributed by atoms with Gasteiger partial charge in [0, 0.05) is 28.3 Å². The van der Waals surface area contributed by atoms with Gasteiger partial charge in [-0.3, -0.25) is 0 Å². The number of terminal acetylenes is 1. The van der Waals surface area contributed by atoms with Gasteiger partial charge in [0.05, 0.1) is 40.4 Å². The second kappa shape index (κ2) is 21.2. The lowest BCUT2D eigenvalue weighted by Crippen LogP contribution is -2.17. The first kappa shape index (κ1) is 47.9. The minimum absolute atomic E-state index is 0.0202. The quantitative estimate of drug-likeness (QED) is 0.104. The van der Waals surface area contributed by atoms with Gasteiger partial charge in [0.2, 0.25) is 11.6 Å². The molecule has 0 saturated carbocycles. The number of hydrogen-bond donors (Lipinski definition) is 0. The number of benzene rings is 4. The maximum Gasteiger partial charge on any atom is 0.258 e. The molecule has 0 fully saturated rings. The van der Waals surface area contributed by atoms with E-state index in [1.807, 2.05) is 33.8 Å². The number of halogens is 5. The summed E-state index contributed by atoms with van der Waals surface area (Å²) in [6.07, 6.45) is 5.15. The van der Waals surface area contributed by atoms with Crippen LogP contribution in [0.3, 0.4) is 0 Å². The summed E-state index contributed by atoms with van der Waals surface area (Å²) < 4.78 is 49.6. The van der Waals surface area contributed by atoms with Crippen molar-refractivity contribution in [2.45, 2.75) is 85.2 Å². The van der Waals surface area contributed by atoms with E-state index >= 15 is 0 Å². The zero-order valence-electron chi connectivity index (χ0n) is 35.2. The van der Waals surface area contributed by atoms with Crippen LogP contribution in [0.15, 0.2) is 86.3 Å². The molecule has 0 atom stereocenters. The largest absolute Gasteiger partial charge is 0.489 e. The summed E-state index contributed by atoms with van der Waals surface area (Å²) in [6.45, 7) is 20.8. The molecular weight excluding hydrogens is 905 g/mol. The normalized spacial score (nSPS) is 11.1. The van der Waals surface area contributed by atoms with E-state index in [1.165, 1.54) is 12.1 Å². The molecule has 0 radical (unpaired) electrons. The maximum atomic E-state index is 14.1. The van der Waals surface area contributed by atoms with Crippen LogP contribution in [0.1, 0.15) is 33.3 Å². The number of nitrogens with zero attached hydrogens (tertiary/aromatic N) is 4. The first-order valence-corrected chi connectivity index (χ1v) is 27.7. The van der Waals surface area contributed by atoms with Gasteiger partial charge in [0.1, 0.15) is 31.2 Å². The molecule has 2 heterocycles. The minimum Gasteiger partial charge on any atom is -0.489 e. The van der Waals surface area contributed by atoms with Gasteiger partial charge in [0.25, 0.3) is 11.8 Å². The Balaban J connectivity index is 0.000000231. The third-order valence-electron chi connectivity index (χ3n) is 7.54. The van der Waals surface area contributed by atoms with Crippen LogP contribution in [0.25, 0.3) is 45.7 Å². The zero-order valence-corrected chi connectivity index (χ0v) is 40.3. The predicted molar refractivity (Wildman–Crippen MR) is 247 cm³/mol. The van der Waals surface area contributed by atoms with Crippen molar-refractivity contribution in [1.29, 1.82) is 0 Å². The topological polar surface area (TPSA) is 96.3 Å². The maximum absolute atomic E-state index is 14.1. The molecule has 8 nitrogen and oxygen atoms in total. The Hall–Kier alpha value is -4.77. The standard InChI is InChI=1S/C22H22ClFN2O2Si.C17H13BrClFN2O2.C6H12Si/c1-14(2)27-20-9-7-16(13-18(20)23)21-25-22(28-26-21)17-6-8-19(24)15(12-17)10-11-29(3,4)5;1-9(2)23-15-6-4-10(8-13(15)19)16-21-17(24-22-16)11-3-5-14(20)12(18)7-11;1-5-6-7(2,3)4/h6-9,12-14H,1-5H3;3-9H,1-2H3;1H,6H2,2-4H3. The molecule has 0 aliphatic heterocycles. The average Bonchev–Trinajstić information content (AvgIpc) is 3.85. The Morgan fingerprint density at radius 3 is 1.52 bits per heavy atom. The highest BCUT2D eigenvalue weighted by atomic mass is 79.9. The van der Waals surface area contributed by atoms with Crippen molar-refractivity contribution in [2.75, 3.05) is 0 Å². The van der Waals surface area contributed by atoms with Crippen molar-refractivity contribution < 1.29 is 27.3 Å². The van der Waals surface area contributed by atoms with Gasteiger partial charge in [-0.2, -0.15) is 9.97 Å². The Morgan fingerprint density at radius 2 is 1.13 bits per heavy atom. The van der Waals surface area contributed by atoms with Crippen LogP contribution in [-0.2, 0) is 0 Å². The van der Waals surface area contributed by atoms with Gasteiger partial charge < -0.3 is 18.5 Å². The van der Waals surface area contributed by atoms with Crippen molar-refractivity contribution >= 4 is 55.3 Å². The summed E-state index contributed by atoms with van der Waals surface area (Å²) in [7, 11) is -2.52. The second-order valence-electron chi connectivity index (χ2n) is 16.2. The van der Waals surface area contributed by atoms with Gasteiger partial charge in [-0.1, -0.05) is 78.7 Å². The zero-order chi connectivity index (χ0) is 44.4. The van der Waals surface area contributed by atoms with Crippen molar-refractivity contribution in [2.24, 2.45) is 0 Å². The summed E-state index contributed by atoms with van der Waals surface area (Å²) in [4.78, 5) is 8.76. The molecule has 314 valence electrons. The van der Waals surface area contributed by atoms with Gasteiger partial charge in [-0.25, -0.2) is 8.78 Å².